The first-order valence-electron chi connectivity index (χ1n) is 8.87. The topological polar surface area (TPSA) is 86.1 Å². The molecule has 2 aromatic heterocycles. The highest BCUT2D eigenvalue weighted by Gasteiger charge is 2.15. The summed E-state index contributed by atoms with van der Waals surface area (Å²) in [5, 5.41) is 1.02. The van der Waals surface area contributed by atoms with Crippen LogP contribution in [0.1, 0.15) is 25.6 Å². The van der Waals surface area contributed by atoms with Gasteiger partial charge in [0, 0.05) is 23.0 Å². The van der Waals surface area contributed by atoms with Crippen LogP contribution in [0.3, 0.4) is 0 Å². The third-order valence-corrected chi connectivity index (χ3v) is 6.35. The predicted octanol–water partition coefficient (Wildman–Crippen LogP) is 3.21. The molecule has 1 N–H and O–H groups in total. The number of benzene rings is 1. The number of hydrogen-bond acceptors (Lipinski definition) is 5. The normalized spacial score (nSPS) is 12.3. The molecular formula is C18H23BrN4O3S. The van der Waals surface area contributed by atoms with E-state index in [1.54, 1.807) is 6.20 Å². The average molecular weight is 455 g/mol. The van der Waals surface area contributed by atoms with E-state index in [-0.39, 0.29) is 5.75 Å². The number of ether oxygens (including phenoxy) is 1. The van der Waals surface area contributed by atoms with Gasteiger partial charge in [-0.3, -0.25) is 4.98 Å². The molecule has 7 nitrogen and oxygen atoms in total. The molecule has 0 bridgehead atoms. The number of hydrogen-bond donors (Lipinski definition) is 1. The monoisotopic (exact) mass is 454 g/mol. The van der Waals surface area contributed by atoms with Gasteiger partial charge >= 0.3 is 0 Å². The predicted molar refractivity (Wildman–Crippen MR) is 110 cm³/mol. The van der Waals surface area contributed by atoms with E-state index >= 15 is 0 Å². The number of imidazole rings is 1. The molecule has 0 atom stereocenters. The second-order valence-corrected chi connectivity index (χ2v) is 9.16. The number of pyridine rings is 1. The van der Waals surface area contributed by atoms with E-state index in [9.17, 15) is 8.42 Å². The number of aryl methyl sites for hydroxylation is 1. The van der Waals surface area contributed by atoms with Gasteiger partial charge in [-0.1, -0.05) is 15.9 Å². The lowest BCUT2D eigenvalue weighted by molar-refractivity contribution is 0.126. The number of fused-ring (bicyclic) bond motifs is 3. The van der Waals surface area contributed by atoms with Gasteiger partial charge in [-0.05, 0) is 45.0 Å². The van der Waals surface area contributed by atoms with Gasteiger partial charge < -0.3 is 9.30 Å². The Balaban J connectivity index is 1.96. The van der Waals surface area contributed by atoms with Gasteiger partial charge in [0.05, 0.1) is 23.0 Å². The first kappa shape index (κ1) is 20.2. The van der Waals surface area contributed by atoms with E-state index in [1.165, 1.54) is 7.05 Å². The van der Waals surface area contributed by atoms with Gasteiger partial charge in [0.2, 0.25) is 10.0 Å². The fourth-order valence-electron chi connectivity index (χ4n) is 3.04. The van der Waals surface area contributed by atoms with Crippen LogP contribution < -0.4 is 4.72 Å². The van der Waals surface area contributed by atoms with Gasteiger partial charge in [-0.25, -0.2) is 18.1 Å². The van der Waals surface area contributed by atoms with E-state index in [0.717, 1.165) is 38.7 Å². The largest absolute Gasteiger partial charge is 0.374 e. The van der Waals surface area contributed by atoms with Crippen LogP contribution in [0, 0.1) is 0 Å². The molecule has 3 rings (SSSR count). The summed E-state index contributed by atoms with van der Waals surface area (Å²) in [6.07, 6.45) is 3.08. The Morgan fingerprint density at radius 3 is 2.81 bits per heavy atom. The number of nitrogens with one attached hydrogen (secondary N) is 1. The highest BCUT2D eigenvalue weighted by atomic mass is 79.9. The third-order valence-electron chi connectivity index (χ3n) is 4.41. The molecule has 0 spiro atoms. The first-order chi connectivity index (χ1) is 12.9. The summed E-state index contributed by atoms with van der Waals surface area (Å²) in [6, 6.07) is 6.00. The van der Waals surface area contributed by atoms with Crippen LogP contribution in [0.2, 0.25) is 0 Å². The van der Waals surface area contributed by atoms with Crippen molar-refractivity contribution >= 4 is 47.9 Å². The smallest absolute Gasteiger partial charge is 0.211 e. The number of halogens is 1. The van der Waals surface area contributed by atoms with E-state index in [2.05, 4.69) is 30.2 Å². The van der Waals surface area contributed by atoms with Crippen molar-refractivity contribution in [2.45, 2.75) is 32.9 Å². The van der Waals surface area contributed by atoms with Crippen molar-refractivity contribution < 1.29 is 13.2 Å². The number of rotatable bonds is 9. The van der Waals surface area contributed by atoms with E-state index in [4.69, 9.17) is 9.72 Å². The third kappa shape index (κ3) is 4.66. The summed E-state index contributed by atoms with van der Waals surface area (Å²) in [5.74, 6) is 0.951. The van der Waals surface area contributed by atoms with Crippen LogP contribution >= 0.6 is 15.9 Å². The lowest BCUT2D eigenvalue weighted by Crippen LogP contribution is -2.22. The summed E-state index contributed by atoms with van der Waals surface area (Å²) in [4.78, 5) is 9.21. The van der Waals surface area contributed by atoms with E-state index in [1.807, 2.05) is 25.1 Å². The Kier molecular flexibility index (Phi) is 6.46. The van der Waals surface area contributed by atoms with Crippen molar-refractivity contribution in [3.63, 3.8) is 0 Å². The molecule has 0 fully saturated rings. The average Bonchev–Trinajstić information content (AvgIpc) is 3.01. The highest BCUT2D eigenvalue weighted by Crippen LogP contribution is 2.27. The Hall–Kier alpha value is -1.55. The summed E-state index contributed by atoms with van der Waals surface area (Å²) in [5.41, 5.74) is 2.72. The van der Waals surface area contributed by atoms with Crippen molar-refractivity contribution in [3.8, 4) is 0 Å². The highest BCUT2D eigenvalue weighted by molar-refractivity contribution is 9.10. The van der Waals surface area contributed by atoms with Crippen LogP contribution in [0.5, 0.6) is 0 Å². The Morgan fingerprint density at radius 2 is 2.07 bits per heavy atom. The minimum absolute atomic E-state index is 0.117. The van der Waals surface area contributed by atoms with Crippen molar-refractivity contribution in [2.75, 3.05) is 19.4 Å². The molecule has 0 saturated carbocycles. The molecule has 3 aromatic rings. The van der Waals surface area contributed by atoms with E-state index in [0.29, 0.717) is 26.2 Å². The van der Waals surface area contributed by atoms with Gasteiger partial charge in [0.1, 0.15) is 17.9 Å². The van der Waals surface area contributed by atoms with Gasteiger partial charge in [-0.15, -0.1) is 0 Å². The quantitative estimate of drug-likeness (QED) is 0.501. The number of nitrogens with zero attached hydrogens (tertiary/aromatic N) is 3. The fourth-order valence-corrected chi connectivity index (χ4v) is 4.18. The summed E-state index contributed by atoms with van der Waals surface area (Å²) < 4.78 is 34.3. The first-order valence-corrected chi connectivity index (χ1v) is 11.3. The molecule has 0 aliphatic heterocycles. The summed E-state index contributed by atoms with van der Waals surface area (Å²) in [6.45, 7) is 3.64. The van der Waals surface area contributed by atoms with Crippen LogP contribution in [-0.4, -0.2) is 42.4 Å². The minimum atomic E-state index is -3.18. The van der Waals surface area contributed by atoms with E-state index < -0.39 is 10.0 Å². The molecule has 0 amide bonds. The second kappa shape index (κ2) is 8.64. The van der Waals surface area contributed by atoms with Crippen molar-refractivity contribution in [2.24, 2.45) is 0 Å². The van der Waals surface area contributed by atoms with Gasteiger partial charge in [-0.2, -0.15) is 0 Å². The zero-order chi connectivity index (χ0) is 19.4. The molecule has 146 valence electrons. The molecular weight excluding hydrogens is 432 g/mol. The number of unbranched alkanes of at least 4 members (excludes halogenated alkanes) is 1. The lowest BCUT2D eigenvalue weighted by Gasteiger charge is -2.11. The number of aromatic nitrogens is 3. The SMILES string of the molecule is CCOCc1nc2cnc3cc(Br)ccc3c2n1CCCCS(=O)(=O)NC. The second-order valence-electron chi connectivity index (χ2n) is 6.20. The summed E-state index contributed by atoms with van der Waals surface area (Å²) >= 11 is 3.49. The van der Waals surface area contributed by atoms with Crippen LogP contribution in [-0.2, 0) is 27.9 Å². The van der Waals surface area contributed by atoms with Crippen LogP contribution in [0.4, 0.5) is 0 Å². The maximum absolute atomic E-state index is 11.6. The Bertz CT molecular complexity index is 1050. The van der Waals surface area contributed by atoms with Gasteiger partial charge in [0.25, 0.3) is 0 Å². The molecule has 2 heterocycles. The molecule has 1 aromatic carbocycles. The molecule has 0 aliphatic rings. The van der Waals surface area contributed by atoms with Crippen molar-refractivity contribution in [1.82, 2.24) is 19.3 Å². The molecule has 0 unspecified atom stereocenters. The van der Waals surface area contributed by atoms with Crippen LogP contribution in [0.25, 0.3) is 21.9 Å². The van der Waals surface area contributed by atoms with Crippen molar-refractivity contribution in [3.05, 3.63) is 34.7 Å². The Morgan fingerprint density at radius 1 is 1.26 bits per heavy atom. The zero-order valence-electron chi connectivity index (χ0n) is 15.4. The molecule has 0 saturated heterocycles. The van der Waals surface area contributed by atoms with Crippen molar-refractivity contribution in [1.29, 1.82) is 0 Å². The lowest BCUT2D eigenvalue weighted by atomic mass is 10.2. The molecule has 0 radical (unpaired) electrons. The maximum Gasteiger partial charge on any atom is 0.211 e. The maximum atomic E-state index is 11.6. The Labute approximate surface area is 167 Å². The zero-order valence-corrected chi connectivity index (χ0v) is 17.8. The van der Waals surface area contributed by atoms with Crippen LogP contribution in [0.15, 0.2) is 28.9 Å². The minimum Gasteiger partial charge on any atom is -0.374 e. The number of sulfonamides is 1. The molecule has 27 heavy (non-hydrogen) atoms. The standard InChI is InChI=1S/C18H23BrN4O3S/c1-3-26-12-17-22-16-11-21-15-10-13(19)6-7-14(15)18(16)23(17)8-4-5-9-27(24,25)20-2/h6-7,10-11,20H,3-5,8-9,12H2,1-2H3. The fraction of sp³-hybridized carbons (Fsp3) is 0.444. The van der Waals surface area contributed by atoms with Gasteiger partial charge in [0.15, 0.2) is 0 Å². The molecule has 9 heteroatoms. The summed E-state index contributed by atoms with van der Waals surface area (Å²) in [7, 11) is -1.74. The molecule has 0 aliphatic carbocycles.